The molecule has 1 aliphatic carbocycles. The number of nitrogens with zero attached hydrogens (tertiary/aromatic N) is 2. The number of fused-ring (bicyclic) bond motifs is 1. The molecule has 1 atom stereocenters. The van der Waals surface area contributed by atoms with Crippen molar-refractivity contribution in [1.82, 2.24) is 10.3 Å². The van der Waals surface area contributed by atoms with Crippen molar-refractivity contribution in [2.75, 3.05) is 6.61 Å². The van der Waals surface area contributed by atoms with Gasteiger partial charge in [-0.25, -0.2) is 14.6 Å². The lowest BCUT2D eigenvalue weighted by atomic mass is 9.89. The average Bonchev–Trinajstić information content (AvgIpc) is 3.06. The number of nitrogens with one attached hydrogen (secondary N) is 1. The largest absolute Gasteiger partial charge is 0.493 e. The lowest BCUT2D eigenvalue weighted by molar-refractivity contribution is -0.154. The first kappa shape index (κ1) is 25.7. The molecular formula is C23H28FN3O6S. The van der Waals surface area contributed by atoms with E-state index >= 15 is 0 Å². The van der Waals surface area contributed by atoms with Crippen LogP contribution in [-0.2, 0) is 25.6 Å². The molecule has 1 saturated heterocycles. The normalized spacial score (nSPS) is 18.1. The standard InChI is InChI=1S/C23H28FN3O6S/c1-23(2,34)12-18(28)26-25-16-5-3-4-13-10-14(11-15(24)21(13)16)33-9-8-17(22(31)32)27-19(29)6-7-20(27)30/h10-11,17,34H,3-9,12H2,1-2H3,(H,26,28)(H,31,32). The summed E-state index contributed by atoms with van der Waals surface area (Å²) in [5.74, 6) is -3.00. The van der Waals surface area contributed by atoms with Crippen LogP contribution >= 0.6 is 12.6 Å². The van der Waals surface area contributed by atoms with Gasteiger partial charge in [0.25, 0.3) is 0 Å². The van der Waals surface area contributed by atoms with Gasteiger partial charge in [0, 0.05) is 42.1 Å². The molecule has 3 amide bonds. The molecule has 1 aliphatic heterocycles. The Morgan fingerprint density at radius 1 is 1.24 bits per heavy atom. The second kappa shape index (κ2) is 10.5. The first-order valence-electron chi connectivity index (χ1n) is 11.1. The van der Waals surface area contributed by atoms with Crippen molar-refractivity contribution in [2.45, 2.75) is 69.6 Å². The summed E-state index contributed by atoms with van der Waals surface area (Å²) >= 11 is 4.32. The first-order chi connectivity index (χ1) is 16.0. The van der Waals surface area contributed by atoms with Gasteiger partial charge in [0.1, 0.15) is 17.6 Å². The van der Waals surface area contributed by atoms with Crippen molar-refractivity contribution in [2.24, 2.45) is 5.10 Å². The van der Waals surface area contributed by atoms with Crippen molar-refractivity contribution < 1.29 is 33.4 Å². The second-order valence-electron chi connectivity index (χ2n) is 9.02. The number of thiol groups is 1. The molecule has 0 bridgehead atoms. The fourth-order valence-electron chi connectivity index (χ4n) is 4.08. The van der Waals surface area contributed by atoms with E-state index in [1.165, 1.54) is 6.07 Å². The maximum atomic E-state index is 15.0. The maximum absolute atomic E-state index is 15.0. The van der Waals surface area contributed by atoms with E-state index in [0.717, 1.165) is 4.90 Å². The Morgan fingerprint density at radius 2 is 1.91 bits per heavy atom. The van der Waals surface area contributed by atoms with Crippen LogP contribution in [0.3, 0.4) is 0 Å². The summed E-state index contributed by atoms with van der Waals surface area (Å²) in [6.07, 6.45) is 1.84. The highest BCUT2D eigenvalue weighted by molar-refractivity contribution is 7.81. The quantitative estimate of drug-likeness (QED) is 0.276. The molecule has 1 fully saturated rings. The number of amides is 3. The number of carboxylic acid groups (broad SMARTS) is 1. The Bertz CT molecular complexity index is 1020. The van der Waals surface area contributed by atoms with Crippen molar-refractivity contribution in [3.63, 3.8) is 0 Å². The van der Waals surface area contributed by atoms with Crippen LogP contribution in [0.2, 0.25) is 0 Å². The third kappa shape index (κ3) is 6.34. The lowest BCUT2D eigenvalue weighted by Gasteiger charge is -2.23. The minimum Gasteiger partial charge on any atom is -0.493 e. The minimum atomic E-state index is -1.32. The third-order valence-corrected chi connectivity index (χ3v) is 5.71. The number of carbonyl (C=O) groups excluding carboxylic acids is 3. The molecule has 3 rings (SSSR count). The number of imide groups is 1. The molecule has 34 heavy (non-hydrogen) atoms. The smallest absolute Gasteiger partial charge is 0.327 e. The molecule has 0 radical (unpaired) electrons. The fourth-order valence-corrected chi connectivity index (χ4v) is 4.22. The molecule has 2 N–H and O–H groups in total. The van der Waals surface area contributed by atoms with Crippen LogP contribution in [0.25, 0.3) is 0 Å². The Kier molecular flexibility index (Phi) is 7.96. The van der Waals surface area contributed by atoms with Crippen LogP contribution in [-0.4, -0.2) is 56.8 Å². The summed E-state index contributed by atoms with van der Waals surface area (Å²) in [4.78, 5) is 48.1. The Morgan fingerprint density at radius 3 is 2.53 bits per heavy atom. The summed E-state index contributed by atoms with van der Waals surface area (Å²) in [6, 6.07) is 1.52. The van der Waals surface area contributed by atoms with E-state index in [1.807, 2.05) is 0 Å². The van der Waals surface area contributed by atoms with Crippen molar-refractivity contribution >= 4 is 42.0 Å². The van der Waals surface area contributed by atoms with Crippen LogP contribution < -0.4 is 10.2 Å². The molecule has 9 nitrogen and oxygen atoms in total. The van der Waals surface area contributed by atoms with E-state index in [9.17, 15) is 28.7 Å². The monoisotopic (exact) mass is 493 g/mol. The second-order valence-corrected chi connectivity index (χ2v) is 10.2. The van der Waals surface area contributed by atoms with Crippen LogP contribution in [0.15, 0.2) is 17.2 Å². The molecule has 2 aliphatic rings. The summed E-state index contributed by atoms with van der Waals surface area (Å²) in [5, 5.41) is 13.6. The molecule has 184 valence electrons. The number of aliphatic carboxylic acids is 1. The van der Waals surface area contributed by atoms with Gasteiger partial charge in [-0.1, -0.05) is 13.8 Å². The highest BCUT2D eigenvalue weighted by Gasteiger charge is 2.38. The van der Waals surface area contributed by atoms with Gasteiger partial charge in [0.15, 0.2) is 0 Å². The molecule has 1 heterocycles. The van der Waals surface area contributed by atoms with Gasteiger partial charge in [0.05, 0.1) is 12.3 Å². The fraction of sp³-hybridized carbons (Fsp3) is 0.522. The summed E-state index contributed by atoms with van der Waals surface area (Å²) < 4.78 is 20.0. The van der Waals surface area contributed by atoms with Crippen molar-refractivity contribution in [3.8, 4) is 5.75 Å². The number of carbonyl (C=O) groups is 4. The van der Waals surface area contributed by atoms with Gasteiger partial charge in [0.2, 0.25) is 17.7 Å². The van der Waals surface area contributed by atoms with Gasteiger partial charge >= 0.3 is 5.97 Å². The molecule has 11 heteroatoms. The Balaban J connectivity index is 1.68. The number of halogens is 1. The van der Waals surface area contributed by atoms with Crippen LogP contribution in [0, 0.1) is 5.82 Å². The molecule has 0 spiro atoms. The average molecular weight is 494 g/mol. The van der Waals surface area contributed by atoms with Crippen molar-refractivity contribution in [3.05, 3.63) is 29.1 Å². The Hall–Kier alpha value is -2.95. The maximum Gasteiger partial charge on any atom is 0.327 e. The highest BCUT2D eigenvalue weighted by Crippen LogP contribution is 2.29. The first-order valence-corrected chi connectivity index (χ1v) is 11.5. The number of aryl methyl sites for hydroxylation is 1. The molecule has 0 aromatic heterocycles. The number of rotatable bonds is 9. The number of carboxylic acids is 1. The SMILES string of the molecule is CC(C)(S)CC(=O)NN=C1CCCc2cc(OCCC(C(=O)O)N3C(=O)CCC3=O)cc(F)c21. The zero-order chi connectivity index (χ0) is 25.0. The van der Waals surface area contributed by atoms with Crippen molar-refractivity contribution in [1.29, 1.82) is 0 Å². The summed E-state index contributed by atoms with van der Waals surface area (Å²) in [7, 11) is 0. The number of hydrogen-bond acceptors (Lipinski definition) is 7. The zero-order valence-electron chi connectivity index (χ0n) is 19.1. The molecule has 0 saturated carbocycles. The predicted octanol–water partition coefficient (Wildman–Crippen LogP) is 2.45. The topological polar surface area (TPSA) is 125 Å². The summed E-state index contributed by atoms with van der Waals surface area (Å²) in [5.41, 5.74) is 3.90. The number of ether oxygens (including phenoxy) is 1. The van der Waals surface area contributed by atoms with E-state index in [-0.39, 0.29) is 43.9 Å². The van der Waals surface area contributed by atoms with Gasteiger partial charge in [-0.05, 0) is 30.9 Å². The van der Waals surface area contributed by atoms with Gasteiger partial charge in [-0.15, -0.1) is 0 Å². The summed E-state index contributed by atoms with van der Waals surface area (Å²) in [6.45, 7) is 3.49. The van der Waals surface area contributed by atoms with E-state index in [2.05, 4.69) is 23.2 Å². The lowest BCUT2D eigenvalue weighted by Crippen LogP contribution is -2.45. The Labute approximate surface area is 202 Å². The highest BCUT2D eigenvalue weighted by atomic mass is 32.1. The van der Waals surface area contributed by atoms with Crippen LogP contribution in [0.1, 0.15) is 63.5 Å². The molecular weight excluding hydrogens is 465 g/mol. The van der Waals surface area contributed by atoms with E-state index in [0.29, 0.717) is 36.1 Å². The zero-order valence-corrected chi connectivity index (χ0v) is 20.0. The van der Waals surface area contributed by atoms with Gasteiger partial charge in [-0.3, -0.25) is 19.3 Å². The van der Waals surface area contributed by atoms with E-state index in [1.54, 1.807) is 19.9 Å². The number of hydrazone groups is 1. The number of hydrogen-bond donors (Lipinski definition) is 3. The van der Waals surface area contributed by atoms with Crippen LogP contribution in [0.4, 0.5) is 4.39 Å². The van der Waals surface area contributed by atoms with E-state index < -0.39 is 34.4 Å². The van der Waals surface area contributed by atoms with Gasteiger partial charge < -0.3 is 9.84 Å². The minimum absolute atomic E-state index is 0.00372. The van der Waals surface area contributed by atoms with Gasteiger partial charge in [-0.2, -0.15) is 17.7 Å². The molecule has 1 aromatic rings. The van der Waals surface area contributed by atoms with Crippen LogP contribution in [0.5, 0.6) is 5.75 Å². The molecule has 1 unspecified atom stereocenters. The van der Waals surface area contributed by atoms with E-state index in [4.69, 9.17) is 4.74 Å². The molecule has 1 aromatic carbocycles. The predicted molar refractivity (Wildman–Crippen MR) is 124 cm³/mol. The third-order valence-electron chi connectivity index (χ3n) is 5.55. The number of benzene rings is 1. The number of likely N-dealkylation sites (tertiary alicyclic amines) is 1.